The SMILES string of the molecule is C=C(CC/C(=C(/N)c1ccc(OC2CCCCC2)c(C)n1)N(C)N)N(C)CC1CCC1. The maximum atomic E-state index is 6.53. The van der Waals surface area contributed by atoms with Crippen LogP contribution in [0.1, 0.15) is 75.6 Å². The molecule has 4 N–H and O–H groups in total. The minimum Gasteiger partial charge on any atom is -0.489 e. The Kier molecular flexibility index (Phi) is 8.24. The van der Waals surface area contributed by atoms with Crippen molar-refractivity contribution < 1.29 is 4.74 Å². The van der Waals surface area contributed by atoms with E-state index in [1.54, 1.807) is 5.01 Å². The van der Waals surface area contributed by atoms with Crippen molar-refractivity contribution in [1.82, 2.24) is 14.9 Å². The average Bonchev–Trinajstić information content (AvgIpc) is 2.72. The molecule has 2 saturated carbocycles. The van der Waals surface area contributed by atoms with Gasteiger partial charge in [-0.05, 0) is 76.3 Å². The summed E-state index contributed by atoms with van der Waals surface area (Å²) >= 11 is 0. The van der Waals surface area contributed by atoms with Gasteiger partial charge in [0.2, 0.25) is 0 Å². The zero-order valence-corrected chi connectivity index (χ0v) is 19.7. The predicted octanol–water partition coefficient (Wildman–Crippen LogP) is 4.56. The normalized spacial score (nSPS) is 18.2. The van der Waals surface area contributed by atoms with E-state index < -0.39 is 0 Å². The van der Waals surface area contributed by atoms with E-state index >= 15 is 0 Å². The first-order chi connectivity index (χ1) is 14.8. The van der Waals surface area contributed by atoms with Gasteiger partial charge in [-0.3, -0.25) is 0 Å². The highest BCUT2D eigenvalue weighted by molar-refractivity contribution is 5.63. The number of hydrogen-bond acceptors (Lipinski definition) is 6. The van der Waals surface area contributed by atoms with E-state index in [1.807, 2.05) is 26.1 Å². The number of ether oxygens (including phenoxy) is 1. The van der Waals surface area contributed by atoms with Crippen molar-refractivity contribution in [3.05, 3.63) is 41.5 Å². The zero-order valence-electron chi connectivity index (χ0n) is 19.7. The van der Waals surface area contributed by atoms with E-state index in [1.165, 1.54) is 38.5 Å². The standard InChI is InChI=1S/C25H41N5O/c1-18(29(3)17-20-9-8-10-20)13-15-23(30(4)27)25(26)22-14-16-24(19(2)28-22)31-21-11-6-5-7-12-21/h14,16,20-21H,1,5-13,15,17,26-27H2,2-4H3/b25-23-. The number of aryl methyl sites for hydroxylation is 1. The lowest BCUT2D eigenvalue weighted by Crippen LogP contribution is -2.30. The molecule has 2 fully saturated rings. The minimum atomic E-state index is 0.307. The minimum absolute atomic E-state index is 0.307. The molecule has 2 aliphatic carbocycles. The van der Waals surface area contributed by atoms with Crippen LogP contribution in [0, 0.1) is 12.8 Å². The number of pyridine rings is 1. The van der Waals surface area contributed by atoms with Gasteiger partial charge in [0.1, 0.15) is 5.75 Å². The largest absolute Gasteiger partial charge is 0.489 e. The molecule has 0 amide bonds. The molecule has 6 nitrogen and oxygen atoms in total. The van der Waals surface area contributed by atoms with Gasteiger partial charge in [0.25, 0.3) is 0 Å². The van der Waals surface area contributed by atoms with Crippen molar-refractivity contribution in [2.45, 2.75) is 77.2 Å². The van der Waals surface area contributed by atoms with Crippen LogP contribution in [-0.4, -0.2) is 41.6 Å². The summed E-state index contributed by atoms with van der Waals surface area (Å²) in [6.07, 6.45) is 12.0. The van der Waals surface area contributed by atoms with Crippen molar-refractivity contribution in [2.24, 2.45) is 17.5 Å². The van der Waals surface area contributed by atoms with Crippen LogP contribution in [0.2, 0.25) is 0 Å². The number of rotatable bonds is 10. The summed E-state index contributed by atoms with van der Waals surface area (Å²) in [5, 5.41) is 1.61. The molecule has 0 atom stereocenters. The number of nitrogens with two attached hydrogens (primary N) is 2. The molecule has 2 aliphatic rings. The molecular weight excluding hydrogens is 386 g/mol. The molecule has 0 radical (unpaired) electrons. The maximum absolute atomic E-state index is 6.53. The molecule has 1 aromatic rings. The Labute approximate surface area is 188 Å². The third-order valence-electron chi connectivity index (χ3n) is 6.84. The third kappa shape index (κ3) is 6.39. The highest BCUT2D eigenvalue weighted by Crippen LogP contribution is 2.29. The monoisotopic (exact) mass is 427 g/mol. The summed E-state index contributed by atoms with van der Waals surface area (Å²) in [5.41, 5.74) is 10.8. The number of hydrogen-bond donors (Lipinski definition) is 2. The molecule has 1 heterocycles. The predicted molar refractivity (Wildman–Crippen MR) is 128 cm³/mol. The van der Waals surface area contributed by atoms with Gasteiger partial charge >= 0.3 is 0 Å². The number of hydrazine groups is 1. The second-order valence-corrected chi connectivity index (χ2v) is 9.37. The van der Waals surface area contributed by atoms with E-state index in [4.69, 9.17) is 21.3 Å². The molecule has 0 saturated heterocycles. The van der Waals surface area contributed by atoms with Crippen LogP contribution in [-0.2, 0) is 0 Å². The molecule has 0 unspecified atom stereocenters. The average molecular weight is 428 g/mol. The Morgan fingerprint density at radius 1 is 1.10 bits per heavy atom. The summed E-state index contributed by atoms with van der Waals surface area (Å²) in [7, 11) is 3.96. The van der Waals surface area contributed by atoms with Crippen LogP contribution in [0.15, 0.2) is 30.1 Å². The van der Waals surface area contributed by atoms with Gasteiger partial charge in [0, 0.05) is 26.3 Å². The van der Waals surface area contributed by atoms with Crippen molar-refractivity contribution >= 4 is 5.70 Å². The van der Waals surface area contributed by atoms with Crippen LogP contribution in [0.4, 0.5) is 0 Å². The Morgan fingerprint density at radius 2 is 1.81 bits per heavy atom. The van der Waals surface area contributed by atoms with Gasteiger partial charge in [-0.15, -0.1) is 0 Å². The van der Waals surface area contributed by atoms with Crippen molar-refractivity contribution in [3.8, 4) is 5.75 Å². The molecular formula is C25H41N5O. The van der Waals surface area contributed by atoms with Crippen LogP contribution >= 0.6 is 0 Å². The maximum Gasteiger partial charge on any atom is 0.140 e. The van der Waals surface area contributed by atoms with Gasteiger partial charge in [0.05, 0.1) is 28.9 Å². The Balaban J connectivity index is 1.65. The first-order valence-electron chi connectivity index (χ1n) is 11.9. The zero-order chi connectivity index (χ0) is 22.4. The van der Waals surface area contributed by atoms with Crippen LogP contribution in [0.5, 0.6) is 5.75 Å². The van der Waals surface area contributed by atoms with Gasteiger partial charge in [-0.1, -0.05) is 19.4 Å². The van der Waals surface area contributed by atoms with Crippen LogP contribution in [0.25, 0.3) is 5.70 Å². The fourth-order valence-electron chi connectivity index (χ4n) is 4.48. The topological polar surface area (TPSA) is 80.6 Å². The molecule has 31 heavy (non-hydrogen) atoms. The van der Waals surface area contributed by atoms with Gasteiger partial charge < -0.3 is 20.4 Å². The van der Waals surface area contributed by atoms with E-state index in [0.29, 0.717) is 11.8 Å². The summed E-state index contributed by atoms with van der Waals surface area (Å²) in [5.74, 6) is 7.82. The lowest BCUT2D eigenvalue weighted by Gasteiger charge is -2.32. The van der Waals surface area contributed by atoms with Gasteiger partial charge in [-0.25, -0.2) is 10.8 Å². The van der Waals surface area contributed by atoms with Gasteiger partial charge in [0.15, 0.2) is 0 Å². The number of allylic oxidation sites excluding steroid dienone is 2. The highest BCUT2D eigenvalue weighted by atomic mass is 16.5. The van der Waals surface area contributed by atoms with Crippen molar-refractivity contribution in [1.29, 1.82) is 0 Å². The summed E-state index contributed by atoms with van der Waals surface area (Å²) in [6.45, 7) is 7.36. The van der Waals surface area contributed by atoms with Crippen LogP contribution < -0.4 is 16.3 Å². The smallest absolute Gasteiger partial charge is 0.140 e. The van der Waals surface area contributed by atoms with E-state index in [0.717, 1.165) is 66.7 Å². The van der Waals surface area contributed by atoms with E-state index in [9.17, 15) is 0 Å². The molecule has 3 rings (SSSR count). The molecule has 172 valence electrons. The van der Waals surface area contributed by atoms with Crippen molar-refractivity contribution in [2.75, 3.05) is 20.6 Å². The second-order valence-electron chi connectivity index (χ2n) is 9.37. The Morgan fingerprint density at radius 3 is 2.39 bits per heavy atom. The van der Waals surface area contributed by atoms with Crippen LogP contribution in [0.3, 0.4) is 0 Å². The lowest BCUT2D eigenvalue weighted by atomic mass is 9.85. The molecule has 1 aromatic heterocycles. The summed E-state index contributed by atoms with van der Waals surface area (Å²) in [6, 6.07) is 3.94. The molecule has 0 spiro atoms. The Hall–Kier alpha value is -2.21. The lowest BCUT2D eigenvalue weighted by molar-refractivity contribution is 0.153. The van der Waals surface area contributed by atoms with E-state index in [2.05, 4.69) is 18.5 Å². The molecule has 0 aliphatic heterocycles. The van der Waals surface area contributed by atoms with E-state index in [-0.39, 0.29) is 0 Å². The Bertz CT molecular complexity index is 778. The quantitative estimate of drug-likeness (QED) is 0.421. The highest BCUT2D eigenvalue weighted by Gasteiger charge is 2.20. The third-order valence-corrected chi connectivity index (χ3v) is 6.84. The molecule has 6 heteroatoms. The van der Waals surface area contributed by atoms with Gasteiger partial charge in [-0.2, -0.15) is 0 Å². The fraction of sp³-hybridized carbons (Fsp3) is 0.640. The molecule has 0 bridgehead atoms. The number of aromatic nitrogens is 1. The molecule has 0 aromatic carbocycles. The first-order valence-corrected chi connectivity index (χ1v) is 11.9. The van der Waals surface area contributed by atoms with Crippen molar-refractivity contribution in [3.63, 3.8) is 0 Å². The summed E-state index contributed by atoms with van der Waals surface area (Å²) < 4.78 is 6.21. The fourth-order valence-corrected chi connectivity index (χ4v) is 4.48. The number of nitrogens with zero attached hydrogens (tertiary/aromatic N) is 3. The first kappa shape index (κ1) is 23.5. The summed E-state index contributed by atoms with van der Waals surface area (Å²) in [4.78, 5) is 7.02. The second kappa shape index (κ2) is 10.9.